The van der Waals surface area contributed by atoms with Crippen LogP contribution in [0.2, 0.25) is 0 Å². The number of carbonyl (C=O) groups is 1. The van der Waals surface area contributed by atoms with Gasteiger partial charge in [-0.25, -0.2) is 15.0 Å². The summed E-state index contributed by atoms with van der Waals surface area (Å²) in [6.07, 6.45) is 7.52. The third-order valence-corrected chi connectivity index (χ3v) is 8.27. The second-order valence-electron chi connectivity index (χ2n) is 7.84. The monoisotopic (exact) mass is 552 g/mol. The van der Waals surface area contributed by atoms with E-state index in [9.17, 15) is 4.79 Å². The van der Waals surface area contributed by atoms with Crippen LogP contribution in [0.25, 0.3) is 0 Å². The predicted molar refractivity (Wildman–Crippen MR) is 140 cm³/mol. The maximum atomic E-state index is 13.2. The summed E-state index contributed by atoms with van der Waals surface area (Å²) < 4.78 is 6.77. The average Bonchev–Trinajstić information content (AvgIpc) is 3.38. The minimum absolute atomic E-state index is 0.119. The number of aryl methyl sites for hydroxylation is 2. The highest BCUT2D eigenvalue weighted by Gasteiger charge is 2.25. The van der Waals surface area contributed by atoms with Crippen LogP contribution in [0.3, 0.4) is 0 Å². The van der Waals surface area contributed by atoms with Gasteiger partial charge in [-0.3, -0.25) is 4.79 Å². The molecule has 34 heavy (non-hydrogen) atoms. The highest BCUT2D eigenvalue weighted by molar-refractivity contribution is 9.10. The summed E-state index contributed by atoms with van der Waals surface area (Å²) in [6, 6.07) is 13.2. The van der Waals surface area contributed by atoms with Crippen molar-refractivity contribution < 1.29 is 9.21 Å². The number of fused-ring (bicyclic) bond motifs is 1. The van der Waals surface area contributed by atoms with Crippen molar-refractivity contribution in [3.8, 4) is 0 Å². The molecule has 1 aromatic carbocycles. The van der Waals surface area contributed by atoms with Crippen LogP contribution in [0, 0.1) is 6.92 Å². The van der Waals surface area contributed by atoms with Gasteiger partial charge in [0.1, 0.15) is 10.8 Å². The van der Waals surface area contributed by atoms with E-state index in [-0.39, 0.29) is 5.91 Å². The smallest absolute Gasteiger partial charge is 0.259 e. The molecule has 0 atom stereocenters. The summed E-state index contributed by atoms with van der Waals surface area (Å²) in [5.74, 6) is 0.467. The summed E-state index contributed by atoms with van der Waals surface area (Å²) in [6.45, 7) is 1.92. The molecule has 1 amide bonds. The highest BCUT2D eigenvalue weighted by atomic mass is 79.9. The van der Waals surface area contributed by atoms with Gasteiger partial charge in [0, 0.05) is 28.5 Å². The van der Waals surface area contributed by atoms with Gasteiger partial charge in [-0.05, 0) is 84.1 Å². The van der Waals surface area contributed by atoms with E-state index < -0.39 is 0 Å². The van der Waals surface area contributed by atoms with Crippen LogP contribution in [-0.2, 0) is 12.8 Å². The number of aliphatic imine (C=N–C) groups is 1. The molecule has 0 aliphatic heterocycles. The predicted octanol–water partition coefficient (Wildman–Crippen LogP) is 7.23. The summed E-state index contributed by atoms with van der Waals surface area (Å²) >= 11 is 6.49. The van der Waals surface area contributed by atoms with E-state index in [0.717, 1.165) is 47.1 Å². The molecule has 4 aromatic rings. The summed E-state index contributed by atoms with van der Waals surface area (Å²) in [4.78, 5) is 27.9. The van der Waals surface area contributed by atoms with Crippen LogP contribution in [0.5, 0.6) is 0 Å². The van der Waals surface area contributed by atoms with E-state index in [1.165, 1.54) is 16.6 Å². The van der Waals surface area contributed by atoms with E-state index in [0.29, 0.717) is 26.6 Å². The highest BCUT2D eigenvalue weighted by Crippen LogP contribution is 2.40. The third kappa shape index (κ3) is 5.16. The Balaban J connectivity index is 1.41. The van der Waals surface area contributed by atoms with Gasteiger partial charge in [0.15, 0.2) is 10.2 Å². The molecular formula is C25H21BrN4O2S2. The number of anilines is 1. The maximum Gasteiger partial charge on any atom is 0.259 e. The number of benzene rings is 1. The van der Waals surface area contributed by atoms with Crippen LogP contribution in [-0.4, -0.2) is 22.1 Å². The molecule has 0 saturated heterocycles. The van der Waals surface area contributed by atoms with Crippen molar-refractivity contribution in [1.82, 2.24) is 9.97 Å². The summed E-state index contributed by atoms with van der Waals surface area (Å²) in [5.41, 5.74) is 3.47. The molecule has 0 saturated carbocycles. The van der Waals surface area contributed by atoms with E-state index in [4.69, 9.17) is 9.41 Å². The first-order chi connectivity index (χ1) is 16.6. The fourth-order valence-electron chi connectivity index (χ4n) is 3.77. The Morgan fingerprint density at radius 3 is 2.88 bits per heavy atom. The van der Waals surface area contributed by atoms with Crippen molar-refractivity contribution in [2.24, 2.45) is 4.99 Å². The number of rotatable bonds is 6. The molecule has 0 unspecified atom stereocenters. The Morgan fingerprint density at radius 1 is 1.24 bits per heavy atom. The molecule has 3 heterocycles. The zero-order valence-corrected chi connectivity index (χ0v) is 21.6. The lowest BCUT2D eigenvalue weighted by molar-refractivity contribution is 0.102. The molecular weight excluding hydrogens is 532 g/mol. The van der Waals surface area contributed by atoms with Crippen LogP contribution in [0.15, 0.2) is 72.8 Å². The Hall–Kier alpha value is -2.75. The zero-order chi connectivity index (χ0) is 23.5. The number of nitrogens with zero attached hydrogens (tertiary/aromatic N) is 3. The van der Waals surface area contributed by atoms with Crippen LogP contribution < -0.4 is 5.32 Å². The number of nitrogens with one attached hydrogen (secondary N) is 1. The lowest BCUT2D eigenvalue weighted by Crippen LogP contribution is -2.14. The number of furan rings is 1. The SMILES string of the molecule is Cc1ccnc(Sc2oc(C=Nc3sc4c(c3C(=O)Nc3ccccc3)CCCC4)cc2Br)n1. The van der Waals surface area contributed by atoms with Gasteiger partial charge < -0.3 is 9.73 Å². The molecule has 5 rings (SSSR count). The van der Waals surface area contributed by atoms with Crippen molar-refractivity contribution in [3.05, 3.63) is 80.6 Å². The quantitative estimate of drug-likeness (QED) is 0.201. The largest absolute Gasteiger partial charge is 0.447 e. The molecule has 3 aromatic heterocycles. The number of hydrogen-bond donors (Lipinski definition) is 1. The minimum atomic E-state index is -0.119. The minimum Gasteiger partial charge on any atom is -0.447 e. The molecule has 0 spiro atoms. The Morgan fingerprint density at radius 2 is 2.06 bits per heavy atom. The molecule has 6 nitrogen and oxygen atoms in total. The van der Waals surface area contributed by atoms with Gasteiger partial charge in [-0.1, -0.05) is 18.2 Å². The molecule has 9 heteroatoms. The van der Waals surface area contributed by atoms with E-state index in [2.05, 4.69) is 31.2 Å². The van der Waals surface area contributed by atoms with Gasteiger partial charge in [0.05, 0.1) is 16.3 Å². The van der Waals surface area contributed by atoms with Crippen molar-refractivity contribution >= 4 is 61.8 Å². The number of carbonyl (C=O) groups excluding carboxylic acids is 1. The van der Waals surface area contributed by atoms with Gasteiger partial charge in [0.2, 0.25) is 0 Å². The van der Waals surface area contributed by atoms with Crippen molar-refractivity contribution in [3.63, 3.8) is 0 Å². The molecule has 1 aliphatic rings. The second-order valence-corrected chi connectivity index (χ2v) is 10.7. The number of hydrogen-bond acceptors (Lipinski definition) is 7. The maximum absolute atomic E-state index is 13.2. The number of aromatic nitrogens is 2. The van der Waals surface area contributed by atoms with Crippen LogP contribution in [0.1, 0.15) is 45.1 Å². The van der Waals surface area contributed by atoms with Crippen LogP contribution >= 0.6 is 39.0 Å². The standard InChI is InChI=1S/C25H21BrN4O2S2/c1-15-11-12-27-25(29-15)34-24-19(26)13-17(32-24)14-28-23-21(18-9-5-6-10-20(18)33-23)22(31)30-16-7-3-2-4-8-16/h2-4,7-8,11-14H,5-6,9-10H2,1H3,(H,30,31). The first-order valence-electron chi connectivity index (χ1n) is 10.9. The molecule has 1 N–H and O–H groups in total. The Bertz CT molecular complexity index is 1360. The van der Waals surface area contributed by atoms with Crippen molar-refractivity contribution in [2.45, 2.75) is 42.9 Å². The van der Waals surface area contributed by atoms with Crippen LogP contribution in [0.4, 0.5) is 10.7 Å². The first kappa shape index (κ1) is 23.0. The lowest BCUT2D eigenvalue weighted by Gasteiger charge is -2.12. The molecule has 0 fully saturated rings. The van der Waals surface area contributed by atoms with E-state index in [1.54, 1.807) is 23.7 Å². The molecule has 0 radical (unpaired) electrons. The van der Waals surface area contributed by atoms with Crippen molar-refractivity contribution in [1.29, 1.82) is 0 Å². The summed E-state index contributed by atoms with van der Waals surface area (Å²) in [7, 11) is 0. The zero-order valence-electron chi connectivity index (χ0n) is 18.4. The Labute approximate surface area is 214 Å². The lowest BCUT2D eigenvalue weighted by atomic mass is 9.95. The number of halogens is 1. The average molecular weight is 554 g/mol. The van der Waals surface area contributed by atoms with Gasteiger partial charge >= 0.3 is 0 Å². The Kier molecular flexibility index (Phi) is 6.94. The fourth-order valence-corrected chi connectivity index (χ4v) is 6.32. The molecule has 1 aliphatic carbocycles. The normalized spacial score (nSPS) is 13.2. The number of thiophene rings is 1. The number of para-hydroxylation sites is 1. The summed E-state index contributed by atoms with van der Waals surface area (Å²) in [5, 5.41) is 5.00. The third-order valence-electron chi connectivity index (χ3n) is 5.35. The number of amides is 1. The van der Waals surface area contributed by atoms with Gasteiger partial charge in [-0.15, -0.1) is 11.3 Å². The molecule has 0 bridgehead atoms. The van der Waals surface area contributed by atoms with E-state index >= 15 is 0 Å². The molecule has 172 valence electrons. The van der Waals surface area contributed by atoms with Crippen molar-refractivity contribution in [2.75, 3.05) is 5.32 Å². The van der Waals surface area contributed by atoms with Gasteiger partial charge in [0.25, 0.3) is 5.91 Å². The van der Waals surface area contributed by atoms with Gasteiger partial charge in [-0.2, -0.15) is 0 Å². The fraction of sp³-hybridized carbons (Fsp3) is 0.200. The topological polar surface area (TPSA) is 80.4 Å². The van der Waals surface area contributed by atoms with E-state index in [1.807, 2.05) is 49.4 Å². The second kappa shape index (κ2) is 10.2. The first-order valence-corrected chi connectivity index (χ1v) is 13.3.